The number of rotatable bonds is 6. The number of anilines is 1. The molecule has 1 aliphatic rings. The Bertz CT molecular complexity index is 1130. The van der Waals surface area contributed by atoms with E-state index in [1.807, 2.05) is 36.4 Å². The van der Waals surface area contributed by atoms with Crippen LogP contribution in [0, 0.1) is 0 Å². The average molecular weight is 454 g/mol. The molecule has 168 valence electrons. The van der Waals surface area contributed by atoms with Gasteiger partial charge in [-0.2, -0.15) is 5.10 Å². The van der Waals surface area contributed by atoms with E-state index in [1.54, 1.807) is 11.9 Å². The molecule has 2 aromatic carbocycles. The van der Waals surface area contributed by atoms with Gasteiger partial charge in [0.2, 0.25) is 10.0 Å². The molecule has 1 N–H and O–H groups in total. The zero-order chi connectivity index (χ0) is 22.7. The monoisotopic (exact) mass is 453 g/mol. The van der Waals surface area contributed by atoms with E-state index >= 15 is 0 Å². The number of carbonyl (C=O) groups is 1. The van der Waals surface area contributed by atoms with Crippen LogP contribution in [0.4, 0.5) is 5.69 Å². The highest BCUT2D eigenvalue weighted by atomic mass is 32.2. The van der Waals surface area contributed by atoms with Gasteiger partial charge in [-0.25, -0.2) is 8.42 Å². The number of aryl methyl sites for hydroxylation is 1. The quantitative estimate of drug-likeness (QED) is 0.619. The molecule has 0 saturated carbocycles. The summed E-state index contributed by atoms with van der Waals surface area (Å²) in [6.07, 6.45) is 2.56. The summed E-state index contributed by atoms with van der Waals surface area (Å²) < 4.78 is 27.2. The smallest absolute Gasteiger partial charge is 0.276 e. The van der Waals surface area contributed by atoms with Gasteiger partial charge in [-0.15, -0.1) is 0 Å². The summed E-state index contributed by atoms with van der Waals surface area (Å²) in [6.45, 7) is 2.46. The Labute approximate surface area is 188 Å². The molecule has 8 nitrogen and oxygen atoms in total. The molecule has 0 atom stereocenters. The minimum absolute atomic E-state index is 0.104. The molecule has 0 aliphatic carbocycles. The Hall–Kier alpha value is -3.17. The van der Waals surface area contributed by atoms with Crippen molar-refractivity contribution in [2.45, 2.75) is 6.04 Å². The number of hydrogen-bond donors (Lipinski definition) is 1. The standard InChI is InChI=1S/C23H27N5O3S/c1-26-17-20(25-32(2,30)31)21(24-26)23(29)28-15-13-27(14-16-28)22(18-9-5-3-6-10-18)19-11-7-4-8-12-19/h3-12,17,22,25H,13-16H2,1-2H3. The second kappa shape index (κ2) is 9.13. The van der Waals surface area contributed by atoms with Gasteiger partial charge in [0.25, 0.3) is 5.91 Å². The second-order valence-electron chi connectivity index (χ2n) is 7.99. The fourth-order valence-electron chi connectivity index (χ4n) is 4.14. The summed E-state index contributed by atoms with van der Waals surface area (Å²) in [5.74, 6) is -0.271. The first-order valence-electron chi connectivity index (χ1n) is 10.5. The number of hydrogen-bond acceptors (Lipinski definition) is 5. The fourth-order valence-corrected chi connectivity index (χ4v) is 4.69. The van der Waals surface area contributed by atoms with Gasteiger partial charge in [0.1, 0.15) is 0 Å². The summed E-state index contributed by atoms with van der Waals surface area (Å²) in [5.41, 5.74) is 2.74. The summed E-state index contributed by atoms with van der Waals surface area (Å²) in [7, 11) is -1.85. The summed E-state index contributed by atoms with van der Waals surface area (Å²) in [6, 6.07) is 20.8. The molecule has 0 radical (unpaired) electrons. The van der Waals surface area contributed by atoms with E-state index in [0.29, 0.717) is 26.2 Å². The Kier molecular flexibility index (Phi) is 6.29. The number of nitrogens with zero attached hydrogens (tertiary/aromatic N) is 4. The number of aromatic nitrogens is 2. The first-order chi connectivity index (χ1) is 15.3. The number of sulfonamides is 1. The van der Waals surface area contributed by atoms with Crippen LogP contribution in [0.2, 0.25) is 0 Å². The molecule has 3 aromatic rings. The maximum Gasteiger partial charge on any atom is 0.276 e. The molecule has 1 aromatic heterocycles. The van der Waals surface area contributed by atoms with Crippen LogP contribution >= 0.6 is 0 Å². The zero-order valence-corrected chi connectivity index (χ0v) is 19.0. The van der Waals surface area contributed by atoms with E-state index in [1.165, 1.54) is 22.0 Å². The van der Waals surface area contributed by atoms with E-state index in [2.05, 4.69) is 39.0 Å². The highest BCUT2D eigenvalue weighted by Gasteiger charge is 2.30. The molecular formula is C23H27N5O3S. The third-order valence-corrected chi connectivity index (χ3v) is 6.11. The van der Waals surface area contributed by atoms with Crippen LogP contribution in [0.1, 0.15) is 27.7 Å². The van der Waals surface area contributed by atoms with E-state index in [0.717, 1.165) is 6.26 Å². The molecule has 1 saturated heterocycles. The van der Waals surface area contributed by atoms with Crippen LogP contribution in [0.5, 0.6) is 0 Å². The van der Waals surface area contributed by atoms with E-state index in [-0.39, 0.29) is 23.3 Å². The van der Waals surface area contributed by atoms with Crippen molar-refractivity contribution in [1.82, 2.24) is 19.6 Å². The SMILES string of the molecule is Cn1cc(NS(C)(=O)=O)c(C(=O)N2CCN(C(c3ccccc3)c3ccccc3)CC2)n1. The number of amides is 1. The summed E-state index contributed by atoms with van der Waals surface area (Å²) >= 11 is 0. The third-order valence-electron chi connectivity index (χ3n) is 5.52. The van der Waals surface area contributed by atoms with Crippen molar-refractivity contribution in [2.24, 2.45) is 7.05 Å². The highest BCUT2D eigenvalue weighted by Crippen LogP contribution is 2.30. The van der Waals surface area contributed by atoms with Crippen molar-refractivity contribution < 1.29 is 13.2 Å². The van der Waals surface area contributed by atoms with Crippen molar-refractivity contribution in [1.29, 1.82) is 0 Å². The van der Waals surface area contributed by atoms with Crippen molar-refractivity contribution in [3.8, 4) is 0 Å². The van der Waals surface area contributed by atoms with E-state index in [9.17, 15) is 13.2 Å². The van der Waals surface area contributed by atoms with Crippen LogP contribution in [0.3, 0.4) is 0 Å². The maximum absolute atomic E-state index is 13.1. The molecule has 1 amide bonds. The van der Waals surface area contributed by atoms with Crippen molar-refractivity contribution in [3.05, 3.63) is 83.7 Å². The largest absolute Gasteiger partial charge is 0.335 e. The molecule has 0 spiro atoms. The van der Waals surface area contributed by atoms with Gasteiger partial charge in [-0.3, -0.25) is 19.1 Å². The molecule has 1 fully saturated rings. The van der Waals surface area contributed by atoms with Crippen molar-refractivity contribution in [2.75, 3.05) is 37.2 Å². The van der Waals surface area contributed by atoms with Crippen LogP contribution in [-0.2, 0) is 17.1 Å². The predicted octanol–water partition coefficient (Wildman–Crippen LogP) is 2.34. The van der Waals surface area contributed by atoms with Gasteiger partial charge in [0, 0.05) is 39.4 Å². The average Bonchev–Trinajstić information content (AvgIpc) is 3.13. The van der Waals surface area contributed by atoms with Gasteiger partial charge < -0.3 is 4.90 Å². The van der Waals surface area contributed by atoms with Crippen LogP contribution in [0.25, 0.3) is 0 Å². The molecular weight excluding hydrogens is 426 g/mol. The van der Waals surface area contributed by atoms with Gasteiger partial charge >= 0.3 is 0 Å². The molecule has 9 heteroatoms. The Morgan fingerprint density at radius 2 is 1.47 bits per heavy atom. The fraction of sp³-hybridized carbons (Fsp3) is 0.304. The topological polar surface area (TPSA) is 87.5 Å². The second-order valence-corrected chi connectivity index (χ2v) is 9.74. The lowest BCUT2D eigenvalue weighted by Gasteiger charge is -2.39. The summed E-state index contributed by atoms with van der Waals surface area (Å²) in [5, 5.41) is 4.20. The lowest BCUT2D eigenvalue weighted by Crippen LogP contribution is -2.50. The molecule has 1 aliphatic heterocycles. The van der Waals surface area contributed by atoms with Crippen molar-refractivity contribution in [3.63, 3.8) is 0 Å². The zero-order valence-electron chi connectivity index (χ0n) is 18.2. The Morgan fingerprint density at radius 3 is 1.97 bits per heavy atom. The van der Waals surface area contributed by atoms with Gasteiger partial charge in [-0.05, 0) is 11.1 Å². The van der Waals surface area contributed by atoms with Gasteiger partial charge in [0.05, 0.1) is 18.0 Å². The minimum Gasteiger partial charge on any atom is -0.335 e. The molecule has 2 heterocycles. The molecule has 0 unspecified atom stereocenters. The third kappa shape index (κ3) is 5.00. The van der Waals surface area contributed by atoms with Gasteiger partial charge in [-0.1, -0.05) is 60.7 Å². The molecule has 32 heavy (non-hydrogen) atoms. The number of benzene rings is 2. The Morgan fingerprint density at radius 1 is 0.938 bits per heavy atom. The number of piperazine rings is 1. The van der Waals surface area contributed by atoms with Crippen molar-refractivity contribution >= 4 is 21.6 Å². The summed E-state index contributed by atoms with van der Waals surface area (Å²) in [4.78, 5) is 17.2. The maximum atomic E-state index is 13.1. The predicted molar refractivity (Wildman–Crippen MR) is 124 cm³/mol. The van der Waals surface area contributed by atoms with Crippen LogP contribution < -0.4 is 4.72 Å². The molecule has 0 bridgehead atoms. The van der Waals surface area contributed by atoms with E-state index < -0.39 is 10.0 Å². The number of carbonyl (C=O) groups excluding carboxylic acids is 1. The highest BCUT2D eigenvalue weighted by molar-refractivity contribution is 7.92. The lowest BCUT2D eigenvalue weighted by atomic mass is 9.96. The minimum atomic E-state index is -3.51. The van der Waals surface area contributed by atoms with Crippen LogP contribution in [0.15, 0.2) is 66.9 Å². The van der Waals surface area contributed by atoms with Crippen LogP contribution in [-0.4, -0.2) is 66.3 Å². The Balaban J connectivity index is 1.52. The van der Waals surface area contributed by atoms with Gasteiger partial charge in [0.15, 0.2) is 5.69 Å². The first-order valence-corrected chi connectivity index (χ1v) is 12.4. The normalized spacial score (nSPS) is 15.2. The first kappa shape index (κ1) is 22.0. The molecule has 4 rings (SSSR count). The lowest BCUT2D eigenvalue weighted by molar-refractivity contribution is 0.0592. The van der Waals surface area contributed by atoms with E-state index in [4.69, 9.17) is 0 Å². The number of nitrogens with one attached hydrogen (secondary N) is 1.